The highest BCUT2D eigenvalue weighted by atomic mass is 35.5. The van der Waals surface area contributed by atoms with Crippen molar-refractivity contribution < 1.29 is 0 Å². The number of rotatable bonds is 2. The van der Waals surface area contributed by atoms with Gasteiger partial charge in [0.25, 0.3) is 0 Å². The van der Waals surface area contributed by atoms with Crippen LogP contribution < -0.4 is 0 Å². The molecule has 12 heavy (non-hydrogen) atoms. The highest BCUT2D eigenvalue weighted by Crippen LogP contribution is 2.29. The molecule has 1 rings (SSSR count). The fourth-order valence-electron chi connectivity index (χ4n) is 1.01. The van der Waals surface area contributed by atoms with Gasteiger partial charge >= 0.3 is 0 Å². The van der Waals surface area contributed by atoms with E-state index in [2.05, 4.69) is 23.8 Å². The highest BCUT2D eigenvalue weighted by Gasteiger charge is 2.11. The minimum atomic E-state index is 0.376. The van der Waals surface area contributed by atoms with Gasteiger partial charge in [-0.25, -0.2) is 9.97 Å². The van der Waals surface area contributed by atoms with E-state index in [1.165, 1.54) is 6.33 Å². The second-order valence-corrected chi connectivity index (χ2v) is 3.90. The summed E-state index contributed by atoms with van der Waals surface area (Å²) in [6.45, 7) is 4.18. The zero-order valence-corrected chi connectivity index (χ0v) is 8.91. The summed E-state index contributed by atoms with van der Waals surface area (Å²) in [5.74, 6) is 0.376. The van der Waals surface area contributed by atoms with Gasteiger partial charge in [-0.3, -0.25) is 0 Å². The maximum Gasteiger partial charge on any atom is 0.137 e. The third-order valence-electron chi connectivity index (χ3n) is 1.57. The van der Waals surface area contributed by atoms with Crippen molar-refractivity contribution in [2.45, 2.75) is 24.8 Å². The molecule has 0 bridgehead atoms. The molecule has 0 saturated carbocycles. The van der Waals surface area contributed by atoms with Crippen LogP contribution in [0.3, 0.4) is 0 Å². The summed E-state index contributed by atoms with van der Waals surface area (Å²) in [6, 6.07) is 0. The molecule has 2 nitrogen and oxygen atoms in total. The van der Waals surface area contributed by atoms with Crippen LogP contribution in [0.1, 0.15) is 25.3 Å². The van der Waals surface area contributed by atoms with Crippen LogP contribution in [0.4, 0.5) is 0 Å². The Labute approximate surface area is 81.8 Å². The zero-order valence-electron chi connectivity index (χ0n) is 7.34. The lowest BCUT2D eigenvalue weighted by Gasteiger charge is -2.09. The van der Waals surface area contributed by atoms with E-state index in [-0.39, 0.29) is 0 Å². The van der Waals surface area contributed by atoms with Gasteiger partial charge in [0.2, 0.25) is 0 Å². The predicted octanol–water partition coefficient (Wildman–Crippen LogP) is 2.98. The zero-order chi connectivity index (χ0) is 9.14. The third kappa shape index (κ3) is 1.90. The molecule has 0 fully saturated rings. The number of nitrogens with zero attached hydrogens (tertiary/aromatic N) is 2. The van der Waals surface area contributed by atoms with Gasteiger partial charge in [-0.15, -0.1) is 11.8 Å². The van der Waals surface area contributed by atoms with Crippen molar-refractivity contribution in [3.8, 4) is 0 Å². The van der Waals surface area contributed by atoms with Crippen molar-refractivity contribution in [1.82, 2.24) is 9.97 Å². The van der Waals surface area contributed by atoms with E-state index < -0.39 is 0 Å². The van der Waals surface area contributed by atoms with E-state index in [0.717, 1.165) is 10.6 Å². The van der Waals surface area contributed by atoms with Gasteiger partial charge in [-0.2, -0.15) is 0 Å². The number of hydrogen-bond donors (Lipinski definition) is 0. The van der Waals surface area contributed by atoms with E-state index >= 15 is 0 Å². The molecule has 66 valence electrons. The quantitative estimate of drug-likeness (QED) is 0.545. The number of thioether (sulfide) groups is 1. The van der Waals surface area contributed by atoms with Crippen molar-refractivity contribution in [2.75, 3.05) is 6.26 Å². The Morgan fingerprint density at radius 3 is 2.50 bits per heavy atom. The molecule has 4 heteroatoms. The highest BCUT2D eigenvalue weighted by molar-refractivity contribution is 7.98. The molecule has 0 amide bonds. The van der Waals surface area contributed by atoms with Crippen LogP contribution in [0.5, 0.6) is 0 Å². The molecule has 0 aliphatic rings. The molecular formula is C8H11ClN2S. The fraction of sp³-hybridized carbons (Fsp3) is 0.500. The maximum atomic E-state index is 5.94. The molecule has 0 aliphatic heterocycles. The average molecular weight is 203 g/mol. The van der Waals surface area contributed by atoms with Gasteiger partial charge in [-0.05, 0) is 12.2 Å². The molecule has 1 aromatic rings. The molecular weight excluding hydrogens is 192 g/mol. The molecule has 0 aromatic carbocycles. The van der Waals surface area contributed by atoms with Crippen LogP contribution in [0.15, 0.2) is 11.4 Å². The monoisotopic (exact) mass is 202 g/mol. The Morgan fingerprint density at radius 1 is 1.42 bits per heavy atom. The minimum absolute atomic E-state index is 0.376. The first-order chi connectivity index (χ1) is 5.66. The van der Waals surface area contributed by atoms with Crippen molar-refractivity contribution >= 4 is 23.4 Å². The van der Waals surface area contributed by atoms with Gasteiger partial charge in [0.05, 0.1) is 0 Å². The fourth-order valence-corrected chi connectivity index (χ4v) is 2.12. The molecule has 0 N–H and O–H groups in total. The Bertz CT molecular complexity index is 276. The van der Waals surface area contributed by atoms with Gasteiger partial charge < -0.3 is 0 Å². The number of aromatic nitrogens is 2. The third-order valence-corrected chi connectivity index (χ3v) is 2.58. The normalized spacial score (nSPS) is 10.8. The summed E-state index contributed by atoms with van der Waals surface area (Å²) in [6.07, 6.45) is 3.49. The van der Waals surface area contributed by atoms with Gasteiger partial charge in [0.1, 0.15) is 16.5 Å². The number of halogens is 1. The molecule has 0 unspecified atom stereocenters. The first-order valence-corrected chi connectivity index (χ1v) is 5.31. The lowest BCUT2D eigenvalue weighted by molar-refractivity contribution is 0.803. The molecule has 0 atom stereocenters. The summed E-state index contributed by atoms with van der Waals surface area (Å²) < 4.78 is 0. The first kappa shape index (κ1) is 9.81. The summed E-state index contributed by atoms with van der Waals surface area (Å²) in [4.78, 5) is 8.10. The van der Waals surface area contributed by atoms with Gasteiger partial charge in [0.15, 0.2) is 0 Å². The van der Waals surface area contributed by atoms with E-state index in [1.807, 2.05) is 6.26 Å². The van der Waals surface area contributed by atoms with E-state index in [0.29, 0.717) is 11.1 Å². The molecule has 0 radical (unpaired) electrons. The molecule has 0 spiro atoms. The lowest BCUT2D eigenvalue weighted by Crippen LogP contribution is -1.97. The Morgan fingerprint density at radius 2 is 2.08 bits per heavy atom. The topological polar surface area (TPSA) is 25.8 Å². The Hall–Kier alpha value is -0.280. The Kier molecular flexibility index (Phi) is 3.35. The molecule has 0 aliphatic carbocycles. The molecule has 1 heterocycles. The maximum absolute atomic E-state index is 5.94. The lowest BCUT2D eigenvalue weighted by atomic mass is 10.1. The summed E-state index contributed by atoms with van der Waals surface area (Å²) in [5, 5.41) is 1.55. The Balaban J connectivity index is 3.20. The number of hydrogen-bond acceptors (Lipinski definition) is 3. The second kappa shape index (κ2) is 4.10. The second-order valence-electron chi connectivity index (χ2n) is 2.74. The van der Waals surface area contributed by atoms with Crippen molar-refractivity contribution in [3.63, 3.8) is 0 Å². The van der Waals surface area contributed by atoms with Crippen molar-refractivity contribution in [1.29, 1.82) is 0 Å². The summed E-state index contributed by atoms with van der Waals surface area (Å²) in [5.41, 5.74) is 1.05. The largest absolute Gasteiger partial charge is 0.230 e. The average Bonchev–Trinajstić information content (AvgIpc) is 2.03. The molecule has 0 saturated heterocycles. The predicted molar refractivity (Wildman–Crippen MR) is 52.9 cm³/mol. The van der Waals surface area contributed by atoms with Gasteiger partial charge in [-0.1, -0.05) is 25.4 Å². The van der Waals surface area contributed by atoms with Crippen LogP contribution in [0, 0.1) is 0 Å². The van der Waals surface area contributed by atoms with Crippen LogP contribution in [0.2, 0.25) is 5.15 Å². The van der Waals surface area contributed by atoms with Crippen molar-refractivity contribution in [3.05, 3.63) is 17.0 Å². The van der Waals surface area contributed by atoms with Crippen LogP contribution in [0.25, 0.3) is 0 Å². The standard InChI is InChI=1S/C8H11ClN2S/c1-5(2)6-7(9)10-4-11-8(6)12-3/h4-5H,1-3H3. The SMILES string of the molecule is CSc1ncnc(Cl)c1C(C)C. The van der Waals surface area contributed by atoms with Crippen molar-refractivity contribution in [2.24, 2.45) is 0 Å². The minimum Gasteiger partial charge on any atom is -0.230 e. The van der Waals surface area contributed by atoms with Gasteiger partial charge in [0, 0.05) is 5.56 Å². The van der Waals surface area contributed by atoms with Crippen LogP contribution in [-0.4, -0.2) is 16.2 Å². The van der Waals surface area contributed by atoms with E-state index in [1.54, 1.807) is 11.8 Å². The van der Waals surface area contributed by atoms with E-state index in [4.69, 9.17) is 11.6 Å². The first-order valence-electron chi connectivity index (χ1n) is 3.71. The van der Waals surface area contributed by atoms with E-state index in [9.17, 15) is 0 Å². The smallest absolute Gasteiger partial charge is 0.137 e. The summed E-state index contributed by atoms with van der Waals surface area (Å²) >= 11 is 7.54. The van der Waals surface area contributed by atoms with Crippen LogP contribution in [-0.2, 0) is 0 Å². The van der Waals surface area contributed by atoms with Crippen LogP contribution >= 0.6 is 23.4 Å². The molecule has 1 aromatic heterocycles. The summed E-state index contributed by atoms with van der Waals surface area (Å²) in [7, 11) is 0.